The lowest BCUT2D eigenvalue weighted by Crippen LogP contribution is -2.03. The molecule has 5 aromatic rings. The number of aromatic amines is 1. The smallest absolute Gasteiger partial charge is 0.284 e. The molecule has 5 rings (SSSR count). The largest absolute Gasteiger partial charge is 0.454 e. The van der Waals surface area contributed by atoms with E-state index in [-0.39, 0.29) is 5.69 Å². The minimum absolute atomic E-state index is 0.0882. The summed E-state index contributed by atoms with van der Waals surface area (Å²) < 4.78 is 27.5. The van der Waals surface area contributed by atoms with E-state index >= 15 is 0 Å². The lowest BCUT2D eigenvalue weighted by atomic mass is 10.1. The molecule has 0 fully saturated rings. The van der Waals surface area contributed by atoms with Crippen LogP contribution in [0.5, 0.6) is 5.75 Å². The molecule has 3 heterocycles. The van der Waals surface area contributed by atoms with Gasteiger partial charge in [0.2, 0.25) is 5.89 Å². The molecule has 0 aliphatic carbocycles. The Morgan fingerprint density at radius 1 is 1.13 bits per heavy atom. The van der Waals surface area contributed by atoms with Gasteiger partial charge in [0.05, 0.1) is 6.20 Å². The van der Waals surface area contributed by atoms with Crippen molar-refractivity contribution < 1.29 is 13.5 Å². The van der Waals surface area contributed by atoms with Crippen LogP contribution in [0.15, 0.2) is 77.7 Å². The summed E-state index contributed by atoms with van der Waals surface area (Å²) in [5, 5.41) is 8.77. The van der Waals surface area contributed by atoms with Crippen LogP contribution in [0.2, 0.25) is 0 Å². The Balaban J connectivity index is 1.23. The first-order chi connectivity index (χ1) is 15.2. The van der Waals surface area contributed by atoms with E-state index in [4.69, 9.17) is 9.15 Å². The van der Waals surface area contributed by atoms with Crippen LogP contribution in [0.25, 0.3) is 22.5 Å². The quantitative estimate of drug-likeness (QED) is 0.380. The van der Waals surface area contributed by atoms with Crippen molar-refractivity contribution >= 4 is 10.9 Å². The Morgan fingerprint density at radius 3 is 2.94 bits per heavy atom. The second kappa shape index (κ2) is 8.43. The Hall–Kier alpha value is -3.94. The van der Waals surface area contributed by atoms with Gasteiger partial charge in [-0.15, -0.1) is 5.10 Å². The number of para-hydroxylation sites is 1. The number of ether oxygens (including phenoxy) is 1. The molecule has 2 aromatic carbocycles. The molecule has 1 N–H and O–H groups in total. The van der Waals surface area contributed by atoms with Crippen molar-refractivity contribution in [3.63, 3.8) is 0 Å². The SMILES string of the molecule is FC(Oc1cccc(CCCn2ccnn2)c1)c1coc(-c2cc3ccccc3[nH]2)n1. The molecule has 1 unspecified atom stereocenters. The van der Waals surface area contributed by atoms with Gasteiger partial charge in [-0.25, -0.2) is 4.98 Å². The number of H-pyrrole nitrogens is 1. The maximum atomic E-state index is 14.8. The predicted octanol–water partition coefficient (Wildman–Crippen LogP) is 5.09. The van der Waals surface area contributed by atoms with E-state index in [0.717, 1.165) is 35.9 Å². The van der Waals surface area contributed by atoms with Gasteiger partial charge in [0.1, 0.15) is 17.7 Å². The number of hydrogen-bond acceptors (Lipinski definition) is 5. The number of fused-ring (bicyclic) bond motifs is 1. The molecule has 8 heteroatoms. The number of aromatic nitrogens is 5. The number of nitrogens with zero attached hydrogens (tertiary/aromatic N) is 4. The molecule has 31 heavy (non-hydrogen) atoms. The Morgan fingerprint density at radius 2 is 2.06 bits per heavy atom. The van der Waals surface area contributed by atoms with E-state index in [2.05, 4.69) is 20.3 Å². The van der Waals surface area contributed by atoms with E-state index in [0.29, 0.717) is 17.3 Å². The summed E-state index contributed by atoms with van der Waals surface area (Å²) in [5.41, 5.74) is 2.80. The number of oxazole rings is 1. The third-order valence-electron chi connectivity index (χ3n) is 4.98. The summed E-state index contributed by atoms with van der Waals surface area (Å²) in [4.78, 5) is 7.48. The monoisotopic (exact) mass is 417 g/mol. The molecule has 0 aliphatic rings. The highest BCUT2D eigenvalue weighted by Crippen LogP contribution is 2.28. The number of rotatable bonds is 8. The zero-order valence-electron chi connectivity index (χ0n) is 16.6. The molecule has 0 amide bonds. The van der Waals surface area contributed by atoms with Gasteiger partial charge in [-0.05, 0) is 42.7 Å². The van der Waals surface area contributed by atoms with Crippen molar-refractivity contribution in [2.75, 3.05) is 0 Å². The van der Waals surface area contributed by atoms with Crippen LogP contribution in [0.3, 0.4) is 0 Å². The first-order valence-corrected chi connectivity index (χ1v) is 10.0. The van der Waals surface area contributed by atoms with Crippen molar-refractivity contribution in [3.8, 4) is 17.3 Å². The predicted molar refractivity (Wildman–Crippen MR) is 113 cm³/mol. The molecule has 0 radical (unpaired) electrons. The van der Waals surface area contributed by atoms with E-state index < -0.39 is 6.36 Å². The van der Waals surface area contributed by atoms with Gasteiger partial charge in [0.15, 0.2) is 5.69 Å². The van der Waals surface area contributed by atoms with E-state index in [1.165, 1.54) is 6.26 Å². The van der Waals surface area contributed by atoms with Crippen LogP contribution in [-0.2, 0) is 13.0 Å². The van der Waals surface area contributed by atoms with Crippen LogP contribution in [-0.4, -0.2) is 25.0 Å². The van der Waals surface area contributed by atoms with Crippen molar-refractivity contribution in [1.82, 2.24) is 25.0 Å². The fourth-order valence-electron chi connectivity index (χ4n) is 3.45. The average Bonchev–Trinajstić information content (AvgIpc) is 3.53. The lowest BCUT2D eigenvalue weighted by Gasteiger charge is -2.10. The number of alkyl halides is 1. The van der Waals surface area contributed by atoms with E-state index in [1.807, 2.05) is 54.7 Å². The average molecular weight is 417 g/mol. The summed E-state index contributed by atoms with van der Waals surface area (Å²) >= 11 is 0. The third kappa shape index (κ3) is 4.32. The van der Waals surface area contributed by atoms with Crippen molar-refractivity contribution in [2.45, 2.75) is 25.7 Å². The molecule has 0 saturated heterocycles. The summed E-state index contributed by atoms with van der Waals surface area (Å²) in [6.07, 6.45) is 4.75. The Bertz CT molecular complexity index is 1250. The van der Waals surface area contributed by atoms with Gasteiger partial charge in [-0.3, -0.25) is 4.68 Å². The fraction of sp³-hybridized carbons (Fsp3) is 0.174. The molecule has 0 aliphatic heterocycles. The molecule has 7 nitrogen and oxygen atoms in total. The second-order valence-electron chi connectivity index (χ2n) is 7.20. The van der Waals surface area contributed by atoms with E-state index in [9.17, 15) is 4.39 Å². The molecule has 0 saturated carbocycles. The number of nitrogens with one attached hydrogen (secondary N) is 1. The van der Waals surface area contributed by atoms with Gasteiger partial charge in [0.25, 0.3) is 6.36 Å². The highest BCUT2D eigenvalue weighted by atomic mass is 19.1. The summed E-state index contributed by atoms with van der Waals surface area (Å²) in [5.74, 6) is 0.764. The van der Waals surface area contributed by atoms with Crippen LogP contribution in [0.4, 0.5) is 4.39 Å². The Labute approximate surface area is 177 Å². The minimum Gasteiger partial charge on any atom is -0.454 e. The number of benzene rings is 2. The first kappa shape index (κ1) is 19.0. The summed E-state index contributed by atoms with van der Waals surface area (Å²) in [6.45, 7) is 0.770. The van der Waals surface area contributed by atoms with Crippen LogP contribution in [0.1, 0.15) is 24.0 Å². The van der Waals surface area contributed by atoms with Crippen molar-refractivity contribution in [3.05, 3.63) is 84.5 Å². The van der Waals surface area contributed by atoms with Crippen LogP contribution < -0.4 is 4.74 Å². The third-order valence-corrected chi connectivity index (χ3v) is 4.98. The van der Waals surface area contributed by atoms with Gasteiger partial charge < -0.3 is 14.1 Å². The molecule has 0 bridgehead atoms. The summed E-state index contributed by atoms with van der Waals surface area (Å²) in [6, 6.07) is 17.2. The second-order valence-corrected chi connectivity index (χ2v) is 7.20. The van der Waals surface area contributed by atoms with Gasteiger partial charge in [-0.2, -0.15) is 4.39 Å². The van der Waals surface area contributed by atoms with Crippen molar-refractivity contribution in [1.29, 1.82) is 0 Å². The molecule has 0 spiro atoms. The molecular weight excluding hydrogens is 397 g/mol. The van der Waals surface area contributed by atoms with Gasteiger partial charge >= 0.3 is 0 Å². The van der Waals surface area contributed by atoms with Gasteiger partial charge in [-0.1, -0.05) is 35.5 Å². The highest BCUT2D eigenvalue weighted by Gasteiger charge is 2.19. The molecule has 1 atom stereocenters. The topological polar surface area (TPSA) is 81.8 Å². The fourth-order valence-corrected chi connectivity index (χ4v) is 3.45. The minimum atomic E-state index is -1.73. The maximum absolute atomic E-state index is 14.8. The number of aryl methyl sites for hydroxylation is 2. The number of hydrogen-bond donors (Lipinski definition) is 1. The van der Waals surface area contributed by atoms with Crippen LogP contribution >= 0.6 is 0 Å². The first-order valence-electron chi connectivity index (χ1n) is 10.0. The maximum Gasteiger partial charge on any atom is 0.284 e. The molecule has 156 valence electrons. The normalized spacial score (nSPS) is 12.3. The van der Waals surface area contributed by atoms with Gasteiger partial charge in [0, 0.05) is 23.6 Å². The zero-order chi connectivity index (χ0) is 21.0. The standard InChI is InChI=1S/C23H20FN5O2/c24-22(21-15-30-23(27-21)20-14-17-7-1-2-9-19(17)26-20)31-18-8-3-5-16(13-18)6-4-11-29-12-10-25-28-29/h1-3,5,7-10,12-15,22,26H,4,6,11H2. The molecule has 3 aromatic heterocycles. The number of halogens is 1. The zero-order valence-corrected chi connectivity index (χ0v) is 16.6. The lowest BCUT2D eigenvalue weighted by molar-refractivity contribution is 0.0629. The molecular formula is C23H20FN5O2. The summed E-state index contributed by atoms with van der Waals surface area (Å²) in [7, 11) is 0. The Kier molecular flexibility index (Phi) is 5.18. The highest BCUT2D eigenvalue weighted by molar-refractivity contribution is 5.84. The van der Waals surface area contributed by atoms with Crippen molar-refractivity contribution in [2.24, 2.45) is 0 Å². The van der Waals surface area contributed by atoms with E-state index in [1.54, 1.807) is 16.9 Å². The van der Waals surface area contributed by atoms with Crippen LogP contribution in [0, 0.1) is 0 Å².